The van der Waals surface area contributed by atoms with Crippen LogP contribution in [0.3, 0.4) is 0 Å². The number of hydrogen-bond acceptors (Lipinski definition) is 2. The first-order valence-corrected chi connectivity index (χ1v) is 17.1. The van der Waals surface area contributed by atoms with E-state index < -0.39 is 0 Å². The predicted molar refractivity (Wildman–Crippen MR) is 157 cm³/mol. The first-order chi connectivity index (χ1) is 18.0. The number of rotatable bonds is 16. The zero-order valence-electron chi connectivity index (χ0n) is 25.2. The van der Waals surface area contributed by atoms with Crippen LogP contribution in [-0.4, -0.2) is 18.5 Å². The van der Waals surface area contributed by atoms with Crippen LogP contribution in [0.5, 0.6) is 0 Å². The summed E-state index contributed by atoms with van der Waals surface area (Å²) in [6.45, 7) is 8.45. The summed E-state index contributed by atoms with van der Waals surface area (Å²) < 4.78 is 6.66. The summed E-state index contributed by atoms with van der Waals surface area (Å²) in [7, 11) is 0. The number of unbranched alkanes of at least 4 members (excludes halogenated alkanes) is 13. The van der Waals surface area contributed by atoms with Crippen LogP contribution in [0.2, 0.25) is 0 Å². The van der Waals surface area contributed by atoms with Gasteiger partial charge in [-0.15, -0.1) is 0 Å². The van der Waals surface area contributed by atoms with Gasteiger partial charge in [0.05, 0.1) is 6.10 Å². The van der Waals surface area contributed by atoms with Gasteiger partial charge in [-0.1, -0.05) is 104 Å². The smallest absolute Gasteiger partial charge is 0.133 e. The van der Waals surface area contributed by atoms with Gasteiger partial charge in [0.1, 0.15) is 5.78 Å². The second-order valence-electron chi connectivity index (χ2n) is 14.5. The Bertz CT molecular complexity index is 687. The molecule has 4 aliphatic rings. The molecule has 0 aromatic carbocycles. The molecule has 0 aromatic heterocycles. The van der Waals surface area contributed by atoms with Gasteiger partial charge in [-0.3, -0.25) is 4.79 Å². The van der Waals surface area contributed by atoms with Crippen molar-refractivity contribution in [2.45, 2.75) is 175 Å². The minimum Gasteiger partial charge on any atom is -0.378 e. The molecule has 0 spiro atoms. The van der Waals surface area contributed by atoms with E-state index in [0.717, 1.165) is 37.2 Å². The van der Waals surface area contributed by atoms with Crippen molar-refractivity contribution in [3.8, 4) is 0 Å². The zero-order valence-corrected chi connectivity index (χ0v) is 25.2. The molecule has 0 N–H and O–H groups in total. The summed E-state index contributed by atoms with van der Waals surface area (Å²) >= 11 is 0. The van der Waals surface area contributed by atoms with Gasteiger partial charge in [0.2, 0.25) is 0 Å². The summed E-state index contributed by atoms with van der Waals surface area (Å²) in [6.07, 6.45) is 31.4. The van der Waals surface area contributed by atoms with E-state index in [1.54, 1.807) is 0 Å². The standard InChI is InChI=1S/C35H62O2/c1-4-5-6-7-8-9-10-11-12-13-14-15-16-17-26-37-33-21-20-31-30-19-18-28-27-29(36)22-24-34(28,2)32(30)23-25-35(31,33)3/h28,30-33H,4-27H2,1-3H3/t28-,30-,31-,32-,33-,34-,35-/m0/s1. The molecule has 0 aliphatic heterocycles. The van der Waals surface area contributed by atoms with Gasteiger partial charge in [-0.25, -0.2) is 0 Å². The Morgan fingerprint density at radius 3 is 1.92 bits per heavy atom. The maximum absolute atomic E-state index is 12.2. The van der Waals surface area contributed by atoms with Crippen molar-refractivity contribution >= 4 is 5.78 Å². The number of carbonyl (C=O) groups is 1. The van der Waals surface area contributed by atoms with Gasteiger partial charge in [0, 0.05) is 19.4 Å². The fraction of sp³-hybridized carbons (Fsp3) is 0.971. The summed E-state index contributed by atoms with van der Waals surface area (Å²) in [5, 5.41) is 0. The van der Waals surface area contributed by atoms with E-state index >= 15 is 0 Å². The Morgan fingerprint density at radius 2 is 1.27 bits per heavy atom. The van der Waals surface area contributed by atoms with Gasteiger partial charge in [0.15, 0.2) is 0 Å². The third-order valence-electron chi connectivity index (χ3n) is 12.2. The quantitative estimate of drug-likeness (QED) is 0.191. The van der Waals surface area contributed by atoms with Crippen molar-refractivity contribution in [2.24, 2.45) is 34.5 Å². The van der Waals surface area contributed by atoms with E-state index in [1.807, 2.05) is 0 Å². The van der Waals surface area contributed by atoms with Crippen molar-refractivity contribution in [1.29, 1.82) is 0 Å². The highest BCUT2D eigenvalue weighted by Gasteiger charge is 2.60. The zero-order chi connectivity index (χ0) is 26.1. The van der Waals surface area contributed by atoms with E-state index in [4.69, 9.17) is 4.74 Å². The van der Waals surface area contributed by atoms with Crippen LogP contribution in [0.15, 0.2) is 0 Å². The van der Waals surface area contributed by atoms with Crippen molar-refractivity contribution < 1.29 is 9.53 Å². The van der Waals surface area contributed by atoms with E-state index in [2.05, 4.69) is 20.8 Å². The highest BCUT2D eigenvalue weighted by atomic mass is 16.5. The number of fused-ring (bicyclic) bond motifs is 5. The molecule has 0 saturated heterocycles. The minimum absolute atomic E-state index is 0.408. The molecule has 0 heterocycles. The second kappa shape index (κ2) is 14.3. The van der Waals surface area contributed by atoms with Gasteiger partial charge in [0.25, 0.3) is 0 Å². The number of ether oxygens (including phenoxy) is 1. The molecule has 0 amide bonds. The largest absolute Gasteiger partial charge is 0.378 e. The van der Waals surface area contributed by atoms with Crippen LogP contribution < -0.4 is 0 Å². The number of ketones is 1. The van der Waals surface area contributed by atoms with E-state index in [9.17, 15) is 4.79 Å². The van der Waals surface area contributed by atoms with Gasteiger partial charge in [-0.05, 0) is 85.9 Å². The Balaban J connectivity index is 1.07. The molecule has 214 valence electrons. The second-order valence-corrected chi connectivity index (χ2v) is 14.5. The fourth-order valence-corrected chi connectivity index (χ4v) is 9.79. The Morgan fingerprint density at radius 1 is 0.676 bits per heavy atom. The molecular weight excluding hydrogens is 452 g/mol. The summed E-state index contributed by atoms with van der Waals surface area (Å²) in [4.78, 5) is 12.2. The Kier molecular flexibility index (Phi) is 11.5. The molecule has 37 heavy (non-hydrogen) atoms. The lowest BCUT2D eigenvalue weighted by Crippen LogP contribution is -2.54. The van der Waals surface area contributed by atoms with Crippen molar-refractivity contribution in [3.63, 3.8) is 0 Å². The van der Waals surface area contributed by atoms with Crippen LogP contribution in [0, 0.1) is 34.5 Å². The predicted octanol–water partition coefficient (Wildman–Crippen LogP) is 10.5. The topological polar surface area (TPSA) is 26.3 Å². The molecule has 0 unspecified atom stereocenters. The van der Waals surface area contributed by atoms with E-state index in [-0.39, 0.29) is 0 Å². The van der Waals surface area contributed by atoms with Crippen LogP contribution in [-0.2, 0) is 9.53 Å². The molecule has 0 aromatic rings. The van der Waals surface area contributed by atoms with Gasteiger partial charge < -0.3 is 4.74 Å². The van der Waals surface area contributed by atoms with Crippen LogP contribution in [0.1, 0.15) is 168 Å². The summed E-state index contributed by atoms with van der Waals surface area (Å²) in [5.41, 5.74) is 0.843. The van der Waals surface area contributed by atoms with Crippen LogP contribution >= 0.6 is 0 Å². The third kappa shape index (κ3) is 7.24. The molecule has 4 saturated carbocycles. The SMILES string of the molecule is CCCCCCCCCCCCCCCCO[C@H]1CC[C@H]2[C@@H]3CC[C@H]4CC(=O)CC[C@]4(C)[C@H]3CC[C@]12C. The highest BCUT2D eigenvalue weighted by Crippen LogP contribution is 2.66. The molecule has 0 radical (unpaired) electrons. The summed E-state index contributed by atoms with van der Waals surface area (Å²) in [6, 6.07) is 0. The van der Waals surface area contributed by atoms with Gasteiger partial charge >= 0.3 is 0 Å². The van der Waals surface area contributed by atoms with E-state index in [0.29, 0.717) is 28.6 Å². The maximum Gasteiger partial charge on any atom is 0.133 e. The lowest BCUT2D eigenvalue weighted by molar-refractivity contribution is -0.145. The average Bonchev–Trinajstić information content (AvgIpc) is 3.23. The van der Waals surface area contributed by atoms with Crippen molar-refractivity contribution in [2.75, 3.05) is 6.61 Å². The lowest BCUT2D eigenvalue weighted by atomic mass is 9.45. The van der Waals surface area contributed by atoms with Crippen molar-refractivity contribution in [3.05, 3.63) is 0 Å². The van der Waals surface area contributed by atoms with E-state index in [1.165, 1.54) is 135 Å². The average molecular weight is 515 g/mol. The molecule has 0 bridgehead atoms. The monoisotopic (exact) mass is 514 g/mol. The molecule has 4 aliphatic carbocycles. The highest BCUT2D eigenvalue weighted by molar-refractivity contribution is 5.79. The third-order valence-corrected chi connectivity index (χ3v) is 12.2. The van der Waals surface area contributed by atoms with Crippen LogP contribution in [0.4, 0.5) is 0 Å². The number of Topliss-reactive ketones (excluding diaryl/α,β-unsaturated/α-hetero) is 1. The fourth-order valence-electron chi connectivity index (χ4n) is 9.79. The first kappa shape index (κ1) is 29.6. The molecule has 4 fully saturated rings. The Hall–Kier alpha value is -0.370. The first-order valence-electron chi connectivity index (χ1n) is 17.1. The maximum atomic E-state index is 12.2. The molecule has 2 heteroatoms. The number of carbonyl (C=O) groups excluding carboxylic acids is 1. The van der Waals surface area contributed by atoms with Crippen LogP contribution in [0.25, 0.3) is 0 Å². The van der Waals surface area contributed by atoms with Gasteiger partial charge in [-0.2, -0.15) is 0 Å². The summed E-state index contributed by atoms with van der Waals surface area (Å²) in [5.74, 6) is 3.83. The number of hydrogen-bond donors (Lipinski definition) is 0. The molecule has 7 atom stereocenters. The molecule has 2 nitrogen and oxygen atoms in total. The van der Waals surface area contributed by atoms with Crippen molar-refractivity contribution in [1.82, 2.24) is 0 Å². The normalized spacial score (nSPS) is 37.3. The minimum atomic E-state index is 0.408. The molecule has 4 rings (SSSR count). The Labute approximate surface area is 230 Å². The lowest BCUT2D eigenvalue weighted by Gasteiger charge is -2.60. The molecular formula is C35H62O2.